The molecule has 5 heteroatoms. The third kappa shape index (κ3) is 4.59. The number of carbonyl (C=O) groups is 1. The van der Waals surface area contributed by atoms with E-state index >= 15 is 0 Å². The second kappa shape index (κ2) is 8.47. The zero-order chi connectivity index (χ0) is 18.4. The van der Waals surface area contributed by atoms with Crippen LogP contribution in [0.3, 0.4) is 0 Å². The number of hydroxylamine groups is 1. The number of benzene rings is 2. The van der Waals surface area contributed by atoms with E-state index in [0.717, 1.165) is 25.1 Å². The SMILES string of the molecule is CN(CCc1cccc2[nH]ccc12)Cc1ccc(/C=C/C(=O)NO)cc1. The van der Waals surface area contributed by atoms with E-state index in [2.05, 4.69) is 53.3 Å². The number of aromatic amines is 1. The third-order valence-corrected chi connectivity index (χ3v) is 4.42. The molecule has 0 saturated carbocycles. The highest BCUT2D eigenvalue weighted by molar-refractivity contribution is 5.90. The Hall–Kier alpha value is -2.89. The fourth-order valence-corrected chi connectivity index (χ4v) is 3.01. The zero-order valence-electron chi connectivity index (χ0n) is 14.8. The van der Waals surface area contributed by atoms with Crippen LogP contribution in [0.5, 0.6) is 0 Å². The summed E-state index contributed by atoms with van der Waals surface area (Å²) in [7, 11) is 2.12. The van der Waals surface area contributed by atoms with Crippen LogP contribution >= 0.6 is 0 Å². The van der Waals surface area contributed by atoms with Crippen molar-refractivity contribution in [1.29, 1.82) is 0 Å². The van der Waals surface area contributed by atoms with Crippen molar-refractivity contribution in [2.45, 2.75) is 13.0 Å². The lowest BCUT2D eigenvalue weighted by molar-refractivity contribution is -0.124. The fraction of sp³-hybridized carbons (Fsp3) is 0.190. The predicted octanol–water partition coefficient (Wildman–Crippen LogP) is 3.36. The Balaban J connectivity index is 1.55. The van der Waals surface area contributed by atoms with E-state index in [0.29, 0.717) is 0 Å². The Bertz CT molecular complexity index is 897. The van der Waals surface area contributed by atoms with E-state index in [9.17, 15) is 4.79 Å². The topological polar surface area (TPSA) is 68.4 Å². The lowest BCUT2D eigenvalue weighted by Gasteiger charge is -2.17. The number of aromatic nitrogens is 1. The van der Waals surface area contributed by atoms with Crippen LogP contribution in [0.15, 0.2) is 60.8 Å². The molecule has 26 heavy (non-hydrogen) atoms. The van der Waals surface area contributed by atoms with E-state index in [-0.39, 0.29) is 0 Å². The van der Waals surface area contributed by atoms with Gasteiger partial charge in [0.25, 0.3) is 5.91 Å². The molecule has 1 amide bonds. The van der Waals surface area contributed by atoms with Gasteiger partial charge in [-0.25, -0.2) is 5.48 Å². The van der Waals surface area contributed by atoms with Crippen molar-refractivity contribution in [2.24, 2.45) is 0 Å². The van der Waals surface area contributed by atoms with Crippen LogP contribution in [-0.2, 0) is 17.8 Å². The van der Waals surface area contributed by atoms with E-state index in [1.165, 1.54) is 28.1 Å². The number of carbonyl (C=O) groups excluding carboxylic acids is 1. The highest BCUT2D eigenvalue weighted by atomic mass is 16.5. The summed E-state index contributed by atoms with van der Waals surface area (Å²) < 4.78 is 0. The molecule has 0 aliphatic heterocycles. The van der Waals surface area contributed by atoms with Crippen molar-refractivity contribution >= 4 is 22.9 Å². The Morgan fingerprint density at radius 3 is 2.77 bits per heavy atom. The standard InChI is InChI=1S/C21H23N3O2/c1-24(14-12-18-3-2-4-20-19(18)11-13-22-20)15-17-7-5-16(6-8-17)9-10-21(25)23-26/h2-11,13,22,26H,12,14-15H2,1H3,(H,23,25)/b10-9+. The van der Waals surface area contributed by atoms with Gasteiger partial charge in [-0.1, -0.05) is 36.4 Å². The molecule has 5 nitrogen and oxygen atoms in total. The summed E-state index contributed by atoms with van der Waals surface area (Å²) in [5.74, 6) is -0.536. The summed E-state index contributed by atoms with van der Waals surface area (Å²) in [5, 5.41) is 9.77. The van der Waals surface area contributed by atoms with Crippen LogP contribution in [0.1, 0.15) is 16.7 Å². The maximum atomic E-state index is 11.0. The van der Waals surface area contributed by atoms with Crippen molar-refractivity contribution in [3.8, 4) is 0 Å². The van der Waals surface area contributed by atoms with Gasteiger partial charge in [-0.15, -0.1) is 0 Å². The van der Waals surface area contributed by atoms with Gasteiger partial charge in [0.15, 0.2) is 0 Å². The normalized spacial score (nSPS) is 11.5. The second-order valence-electron chi connectivity index (χ2n) is 6.39. The van der Waals surface area contributed by atoms with Gasteiger partial charge in [0, 0.05) is 36.3 Å². The van der Waals surface area contributed by atoms with E-state index in [4.69, 9.17) is 5.21 Å². The number of rotatable bonds is 7. The van der Waals surface area contributed by atoms with E-state index in [1.807, 2.05) is 18.3 Å². The van der Waals surface area contributed by atoms with Crippen LogP contribution in [0.2, 0.25) is 0 Å². The van der Waals surface area contributed by atoms with Gasteiger partial charge in [-0.05, 0) is 48.4 Å². The molecule has 0 atom stereocenters. The number of amides is 1. The highest BCUT2D eigenvalue weighted by Crippen LogP contribution is 2.18. The van der Waals surface area contributed by atoms with Crippen molar-refractivity contribution < 1.29 is 10.0 Å². The molecule has 3 rings (SSSR count). The van der Waals surface area contributed by atoms with Gasteiger partial charge in [-0.3, -0.25) is 10.0 Å². The van der Waals surface area contributed by atoms with Crippen LogP contribution in [0.4, 0.5) is 0 Å². The molecule has 1 heterocycles. The van der Waals surface area contributed by atoms with Gasteiger partial charge in [-0.2, -0.15) is 0 Å². The van der Waals surface area contributed by atoms with Gasteiger partial charge in [0.1, 0.15) is 0 Å². The first-order valence-corrected chi connectivity index (χ1v) is 8.60. The number of H-pyrrole nitrogens is 1. The van der Waals surface area contributed by atoms with Crippen LogP contribution < -0.4 is 5.48 Å². The number of likely N-dealkylation sites (N-methyl/N-ethyl adjacent to an activating group) is 1. The first-order valence-electron chi connectivity index (χ1n) is 8.60. The summed E-state index contributed by atoms with van der Waals surface area (Å²) in [6.45, 7) is 1.84. The summed E-state index contributed by atoms with van der Waals surface area (Å²) in [6, 6.07) is 16.6. The molecule has 1 aromatic heterocycles. The van der Waals surface area contributed by atoms with Crippen LogP contribution in [-0.4, -0.2) is 34.6 Å². The molecule has 0 spiro atoms. The van der Waals surface area contributed by atoms with Crippen LogP contribution in [0.25, 0.3) is 17.0 Å². The monoisotopic (exact) mass is 349 g/mol. The Labute approximate surface area is 152 Å². The molecule has 134 valence electrons. The second-order valence-corrected chi connectivity index (χ2v) is 6.39. The smallest absolute Gasteiger partial charge is 0.267 e. The van der Waals surface area contributed by atoms with Crippen molar-refractivity contribution in [1.82, 2.24) is 15.4 Å². The molecule has 0 radical (unpaired) electrons. The molecule has 3 aromatic rings. The molecule has 0 bridgehead atoms. The first kappa shape index (κ1) is 17.9. The Morgan fingerprint density at radius 1 is 1.19 bits per heavy atom. The van der Waals surface area contributed by atoms with Crippen molar-refractivity contribution in [3.05, 3.63) is 77.5 Å². The number of hydrogen-bond donors (Lipinski definition) is 3. The number of nitrogens with one attached hydrogen (secondary N) is 2. The minimum absolute atomic E-state index is 0.536. The van der Waals surface area contributed by atoms with Gasteiger partial charge < -0.3 is 9.88 Å². The summed E-state index contributed by atoms with van der Waals surface area (Å²) in [6.07, 6.45) is 5.94. The number of nitrogens with zero attached hydrogens (tertiary/aromatic N) is 1. The van der Waals surface area contributed by atoms with Crippen LogP contribution in [0, 0.1) is 0 Å². The maximum absolute atomic E-state index is 11.0. The Morgan fingerprint density at radius 2 is 2.00 bits per heavy atom. The molecule has 3 N–H and O–H groups in total. The predicted molar refractivity (Wildman–Crippen MR) is 104 cm³/mol. The molecular weight excluding hydrogens is 326 g/mol. The highest BCUT2D eigenvalue weighted by Gasteiger charge is 2.05. The molecule has 2 aromatic carbocycles. The minimum Gasteiger partial charge on any atom is -0.361 e. The summed E-state index contributed by atoms with van der Waals surface area (Å²) in [4.78, 5) is 16.6. The molecule has 0 fully saturated rings. The van der Waals surface area contributed by atoms with Gasteiger partial charge in [0.2, 0.25) is 0 Å². The van der Waals surface area contributed by atoms with Crippen molar-refractivity contribution in [3.63, 3.8) is 0 Å². The third-order valence-electron chi connectivity index (χ3n) is 4.42. The average Bonchev–Trinajstić information content (AvgIpc) is 3.15. The number of hydrogen-bond acceptors (Lipinski definition) is 3. The zero-order valence-corrected chi connectivity index (χ0v) is 14.8. The Kier molecular flexibility index (Phi) is 5.84. The summed E-state index contributed by atoms with van der Waals surface area (Å²) in [5.41, 5.74) is 6.25. The molecule has 0 aliphatic carbocycles. The van der Waals surface area contributed by atoms with Gasteiger partial charge in [0.05, 0.1) is 0 Å². The fourth-order valence-electron chi connectivity index (χ4n) is 3.01. The molecule has 0 saturated heterocycles. The van der Waals surface area contributed by atoms with Gasteiger partial charge >= 0.3 is 0 Å². The van der Waals surface area contributed by atoms with E-state index < -0.39 is 5.91 Å². The van der Waals surface area contributed by atoms with E-state index in [1.54, 1.807) is 11.6 Å². The lowest BCUT2D eigenvalue weighted by atomic mass is 10.1. The number of fused-ring (bicyclic) bond motifs is 1. The van der Waals surface area contributed by atoms with Crippen molar-refractivity contribution in [2.75, 3.05) is 13.6 Å². The average molecular weight is 349 g/mol. The summed E-state index contributed by atoms with van der Waals surface area (Å²) >= 11 is 0. The molecule has 0 unspecified atom stereocenters. The molecule has 0 aliphatic rings. The molecular formula is C21H23N3O2. The maximum Gasteiger partial charge on any atom is 0.267 e. The minimum atomic E-state index is -0.536. The first-order chi connectivity index (χ1) is 12.7. The quantitative estimate of drug-likeness (QED) is 0.348. The lowest BCUT2D eigenvalue weighted by Crippen LogP contribution is -2.20. The largest absolute Gasteiger partial charge is 0.361 e.